The first-order valence-electron chi connectivity index (χ1n) is 7.28. The highest BCUT2D eigenvalue weighted by Gasteiger charge is 2.17. The number of carbonyl (C=O) groups is 2. The first kappa shape index (κ1) is 18.6. The molecule has 9 heteroatoms. The summed E-state index contributed by atoms with van der Waals surface area (Å²) in [6.07, 6.45) is 2.16. The summed E-state index contributed by atoms with van der Waals surface area (Å²) in [6.45, 7) is 1.15. The van der Waals surface area contributed by atoms with Gasteiger partial charge in [0, 0.05) is 13.1 Å². The van der Waals surface area contributed by atoms with Crippen LogP contribution in [0.4, 0.5) is 14.5 Å². The molecule has 0 unspecified atom stereocenters. The van der Waals surface area contributed by atoms with E-state index in [0.29, 0.717) is 4.32 Å². The number of benzene rings is 1. The molecule has 24 heavy (non-hydrogen) atoms. The summed E-state index contributed by atoms with van der Waals surface area (Å²) >= 11 is 6.38. The van der Waals surface area contributed by atoms with Gasteiger partial charge >= 0.3 is 5.97 Å². The topological polar surface area (TPSA) is 58.6 Å². The average Bonchev–Trinajstić information content (AvgIpc) is 3.09. The number of ether oxygens (including phenoxy) is 1. The van der Waals surface area contributed by atoms with Crippen molar-refractivity contribution in [3.8, 4) is 0 Å². The van der Waals surface area contributed by atoms with Gasteiger partial charge in [0.05, 0.1) is 5.75 Å². The number of amides is 1. The van der Waals surface area contributed by atoms with E-state index in [2.05, 4.69) is 0 Å². The number of carbonyl (C=O) groups excluding carboxylic acids is 2. The minimum atomic E-state index is -0.902. The number of esters is 1. The predicted molar refractivity (Wildman–Crippen MR) is 91.8 cm³/mol. The van der Waals surface area contributed by atoms with Gasteiger partial charge in [-0.2, -0.15) is 0 Å². The molecule has 1 aliphatic heterocycles. The summed E-state index contributed by atoms with van der Waals surface area (Å²) in [5, 5.41) is 2.04. The number of thioether (sulfide) groups is 1. The summed E-state index contributed by atoms with van der Waals surface area (Å²) in [5.41, 5.74) is -0.567. The van der Waals surface area contributed by atoms with Crippen molar-refractivity contribution < 1.29 is 23.1 Å². The lowest BCUT2D eigenvalue weighted by Gasteiger charge is -2.17. The minimum Gasteiger partial charge on any atom is -0.455 e. The lowest BCUT2D eigenvalue weighted by atomic mass is 10.3. The van der Waals surface area contributed by atoms with Gasteiger partial charge in [-0.25, -0.2) is 8.78 Å². The molecule has 5 nitrogen and oxygen atoms in total. The maximum absolute atomic E-state index is 13.4. The Bertz CT molecular complexity index is 617. The predicted octanol–water partition coefficient (Wildman–Crippen LogP) is 2.56. The number of nitrogens with one attached hydrogen (secondary N) is 1. The fourth-order valence-corrected chi connectivity index (χ4v) is 3.14. The van der Waals surface area contributed by atoms with Crippen LogP contribution in [0.5, 0.6) is 0 Å². The highest BCUT2D eigenvalue weighted by Crippen LogP contribution is 2.18. The summed E-state index contributed by atoms with van der Waals surface area (Å²) in [5.74, 6) is -3.26. The van der Waals surface area contributed by atoms with Gasteiger partial charge in [-0.1, -0.05) is 30.0 Å². The normalized spacial score (nSPS) is 13.7. The lowest BCUT2D eigenvalue weighted by Crippen LogP contribution is -2.26. The third-order valence-corrected chi connectivity index (χ3v) is 4.77. The lowest BCUT2D eigenvalue weighted by molar-refractivity contribution is -0.144. The van der Waals surface area contributed by atoms with Crippen LogP contribution in [0.15, 0.2) is 18.2 Å². The van der Waals surface area contributed by atoms with E-state index < -0.39 is 35.8 Å². The van der Waals surface area contributed by atoms with Gasteiger partial charge < -0.3 is 15.0 Å². The van der Waals surface area contributed by atoms with E-state index in [1.165, 1.54) is 17.8 Å². The highest BCUT2D eigenvalue weighted by molar-refractivity contribution is 8.23. The third-order valence-electron chi connectivity index (χ3n) is 3.27. The standard InChI is InChI=1S/C15H16F2N2O3S2/c16-10-4-3-5-11(17)14(10)18-12(20)8-22-13(21)9-24-15(23)19-6-1-2-7-19/h3-5H,1-2,6-9H2,(H,18,20). The SMILES string of the molecule is O=C(COC(=O)CSC(=S)N1CCCC1)Nc1c(F)cccc1F. The molecule has 1 amide bonds. The molecule has 1 saturated heterocycles. The van der Waals surface area contributed by atoms with Crippen molar-refractivity contribution in [2.24, 2.45) is 0 Å². The molecule has 0 spiro atoms. The van der Waals surface area contributed by atoms with E-state index >= 15 is 0 Å². The maximum Gasteiger partial charge on any atom is 0.316 e. The zero-order valence-corrected chi connectivity index (χ0v) is 14.4. The van der Waals surface area contributed by atoms with Gasteiger partial charge in [-0.15, -0.1) is 0 Å². The molecular weight excluding hydrogens is 358 g/mol. The van der Waals surface area contributed by atoms with Crippen LogP contribution >= 0.6 is 24.0 Å². The fraction of sp³-hybridized carbons (Fsp3) is 0.400. The van der Waals surface area contributed by atoms with Gasteiger partial charge in [0.1, 0.15) is 21.6 Å². The Hall–Kier alpha value is -1.74. The number of hydrogen-bond acceptors (Lipinski definition) is 5. The van der Waals surface area contributed by atoms with Crippen molar-refractivity contribution in [1.82, 2.24) is 4.90 Å². The van der Waals surface area contributed by atoms with Crippen molar-refractivity contribution >= 4 is 45.9 Å². The van der Waals surface area contributed by atoms with E-state index in [9.17, 15) is 18.4 Å². The number of para-hydroxylation sites is 1. The van der Waals surface area contributed by atoms with Crippen LogP contribution in [0.1, 0.15) is 12.8 Å². The number of nitrogens with zero attached hydrogens (tertiary/aromatic N) is 1. The molecular formula is C15H16F2N2O3S2. The summed E-state index contributed by atoms with van der Waals surface area (Å²) in [4.78, 5) is 25.2. The van der Waals surface area contributed by atoms with E-state index in [1.54, 1.807) is 0 Å². The summed E-state index contributed by atoms with van der Waals surface area (Å²) in [7, 11) is 0. The van der Waals surface area contributed by atoms with E-state index in [-0.39, 0.29) is 5.75 Å². The molecule has 0 aromatic heterocycles. The number of likely N-dealkylation sites (tertiary alicyclic amines) is 1. The minimum absolute atomic E-state index is 0.0172. The number of anilines is 1. The number of rotatable bonds is 5. The van der Waals surface area contributed by atoms with Crippen LogP contribution in [0.3, 0.4) is 0 Å². The molecule has 0 radical (unpaired) electrons. The largest absolute Gasteiger partial charge is 0.455 e. The summed E-state index contributed by atoms with van der Waals surface area (Å²) < 4.78 is 32.2. The molecule has 2 rings (SSSR count). The molecule has 1 fully saturated rings. The molecule has 1 aromatic rings. The molecule has 1 N–H and O–H groups in total. The Morgan fingerprint density at radius 2 is 1.88 bits per heavy atom. The first-order valence-corrected chi connectivity index (χ1v) is 8.68. The number of hydrogen-bond donors (Lipinski definition) is 1. The van der Waals surface area contributed by atoms with Crippen molar-refractivity contribution in [3.63, 3.8) is 0 Å². The quantitative estimate of drug-likeness (QED) is 0.631. The second-order valence-corrected chi connectivity index (χ2v) is 6.66. The van der Waals surface area contributed by atoms with Crippen LogP contribution < -0.4 is 5.32 Å². The van der Waals surface area contributed by atoms with E-state index in [0.717, 1.165) is 38.1 Å². The van der Waals surface area contributed by atoms with Crippen LogP contribution in [0, 0.1) is 11.6 Å². The zero-order chi connectivity index (χ0) is 17.5. The van der Waals surface area contributed by atoms with Crippen molar-refractivity contribution in [2.45, 2.75) is 12.8 Å². The fourth-order valence-electron chi connectivity index (χ4n) is 2.09. The van der Waals surface area contributed by atoms with E-state index in [4.69, 9.17) is 17.0 Å². The van der Waals surface area contributed by atoms with Crippen molar-refractivity contribution in [2.75, 3.05) is 30.8 Å². The second-order valence-electron chi connectivity index (χ2n) is 5.05. The Labute approximate surface area is 147 Å². The van der Waals surface area contributed by atoms with Gasteiger partial charge in [0.2, 0.25) is 0 Å². The Balaban J connectivity index is 1.71. The number of halogens is 2. The zero-order valence-electron chi connectivity index (χ0n) is 12.7. The Kier molecular flexibility index (Phi) is 6.92. The number of thiocarbonyl (C=S) groups is 1. The molecule has 130 valence electrons. The van der Waals surface area contributed by atoms with Crippen molar-refractivity contribution in [1.29, 1.82) is 0 Å². The third kappa shape index (κ3) is 5.41. The van der Waals surface area contributed by atoms with Crippen molar-refractivity contribution in [3.05, 3.63) is 29.8 Å². The van der Waals surface area contributed by atoms with Crippen LogP contribution in [0.2, 0.25) is 0 Å². The highest BCUT2D eigenvalue weighted by atomic mass is 32.2. The van der Waals surface area contributed by atoms with Gasteiger partial charge in [-0.05, 0) is 25.0 Å². The van der Waals surface area contributed by atoms with Gasteiger partial charge in [-0.3, -0.25) is 9.59 Å². The Morgan fingerprint density at radius 1 is 1.25 bits per heavy atom. The molecule has 0 saturated carbocycles. The molecule has 0 bridgehead atoms. The monoisotopic (exact) mass is 374 g/mol. The van der Waals surface area contributed by atoms with Gasteiger partial charge in [0.15, 0.2) is 6.61 Å². The first-order chi connectivity index (χ1) is 11.5. The maximum atomic E-state index is 13.4. The van der Waals surface area contributed by atoms with Crippen LogP contribution in [-0.4, -0.2) is 46.5 Å². The molecule has 1 aliphatic rings. The van der Waals surface area contributed by atoms with E-state index in [1.807, 2.05) is 10.2 Å². The molecule has 0 aliphatic carbocycles. The smallest absolute Gasteiger partial charge is 0.316 e. The average molecular weight is 374 g/mol. The van der Waals surface area contributed by atoms with Gasteiger partial charge in [0.25, 0.3) is 5.91 Å². The van der Waals surface area contributed by atoms with Crippen LogP contribution in [-0.2, 0) is 14.3 Å². The molecule has 1 aromatic carbocycles. The van der Waals surface area contributed by atoms with Crippen LogP contribution in [0.25, 0.3) is 0 Å². The molecule has 1 heterocycles. The second kappa shape index (κ2) is 8.93. The Morgan fingerprint density at radius 3 is 2.50 bits per heavy atom. The summed E-state index contributed by atoms with van der Waals surface area (Å²) in [6, 6.07) is 3.21. The molecule has 0 atom stereocenters.